The van der Waals surface area contributed by atoms with Crippen molar-refractivity contribution in [3.8, 4) is 5.75 Å². The standard InChI is InChI=1S/C16H18N4O6/c1-10-16(20(23)24)11(2)19(18-10)8-15(22)26-9-14(21)17-12-5-4-6-13(7-12)25-3/h4-7H,8-9H2,1-3H3,(H,17,21). The smallest absolute Gasteiger partial charge is 0.328 e. The lowest BCUT2D eigenvalue weighted by Gasteiger charge is -2.08. The number of nitrogens with one attached hydrogen (secondary N) is 1. The summed E-state index contributed by atoms with van der Waals surface area (Å²) in [6.07, 6.45) is 0. The largest absolute Gasteiger partial charge is 0.497 e. The minimum Gasteiger partial charge on any atom is -0.497 e. The van der Waals surface area contributed by atoms with E-state index >= 15 is 0 Å². The maximum absolute atomic E-state index is 11.9. The Hall–Kier alpha value is -3.43. The Labute approximate surface area is 148 Å². The van der Waals surface area contributed by atoms with Gasteiger partial charge in [-0.15, -0.1) is 0 Å². The van der Waals surface area contributed by atoms with Gasteiger partial charge in [0.25, 0.3) is 5.91 Å². The first-order valence-corrected chi connectivity index (χ1v) is 7.59. The van der Waals surface area contributed by atoms with Gasteiger partial charge in [0.15, 0.2) is 6.61 Å². The number of amides is 1. The highest BCUT2D eigenvalue weighted by Gasteiger charge is 2.23. The molecule has 10 nitrogen and oxygen atoms in total. The van der Waals surface area contributed by atoms with E-state index in [4.69, 9.17) is 9.47 Å². The number of hydrogen-bond acceptors (Lipinski definition) is 7. The van der Waals surface area contributed by atoms with Crippen LogP contribution < -0.4 is 10.1 Å². The second-order valence-corrected chi connectivity index (χ2v) is 5.38. The van der Waals surface area contributed by atoms with E-state index < -0.39 is 23.4 Å². The zero-order valence-corrected chi connectivity index (χ0v) is 14.5. The lowest BCUT2D eigenvalue weighted by molar-refractivity contribution is -0.386. The van der Waals surface area contributed by atoms with Crippen molar-refractivity contribution >= 4 is 23.3 Å². The molecule has 26 heavy (non-hydrogen) atoms. The molecule has 1 amide bonds. The van der Waals surface area contributed by atoms with E-state index in [0.29, 0.717) is 11.4 Å². The number of anilines is 1. The van der Waals surface area contributed by atoms with Gasteiger partial charge in [-0.3, -0.25) is 24.4 Å². The molecule has 0 atom stereocenters. The van der Waals surface area contributed by atoms with Gasteiger partial charge >= 0.3 is 11.7 Å². The summed E-state index contributed by atoms with van der Waals surface area (Å²) in [6, 6.07) is 6.71. The molecule has 0 bridgehead atoms. The number of rotatable bonds is 7. The molecule has 0 spiro atoms. The molecule has 0 aliphatic heterocycles. The number of carbonyl (C=O) groups is 2. The van der Waals surface area contributed by atoms with Crippen molar-refractivity contribution in [1.82, 2.24) is 9.78 Å². The molecule has 2 aromatic rings. The second-order valence-electron chi connectivity index (χ2n) is 5.38. The molecule has 138 valence electrons. The minimum atomic E-state index is -0.730. The molecule has 1 aromatic carbocycles. The predicted octanol–water partition coefficient (Wildman–Crippen LogP) is 1.60. The van der Waals surface area contributed by atoms with Gasteiger partial charge in [-0.25, -0.2) is 0 Å². The Balaban J connectivity index is 1.89. The predicted molar refractivity (Wildman–Crippen MR) is 90.9 cm³/mol. The summed E-state index contributed by atoms with van der Waals surface area (Å²) < 4.78 is 11.1. The number of methoxy groups -OCH3 is 1. The maximum atomic E-state index is 11.9. The summed E-state index contributed by atoms with van der Waals surface area (Å²) in [5.41, 5.74) is 0.800. The highest BCUT2D eigenvalue weighted by atomic mass is 16.6. The Kier molecular flexibility index (Phi) is 5.89. The first-order valence-electron chi connectivity index (χ1n) is 7.59. The molecule has 2 rings (SSSR count). The third kappa shape index (κ3) is 4.56. The molecule has 1 aromatic heterocycles. The van der Waals surface area contributed by atoms with Crippen LogP contribution in [0.15, 0.2) is 24.3 Å². The van der Waals surface area contributed by atoms with Crippen molar-refractivity contribution in [2.75, 3.05) is 19.0 Å². The third-order valence-electron chi connectivity index (χ3n) is 3.52. The Morgan fingerprint density at radius 1 is 1.35 bits per heavy atom. The topological polar surface area (TPSA) is 126 Å². The van der Waals surface area contributed by atoms with Gasteiger partial charge in [0.2, 0.25) is 0 Å². The van der Waals surface area contributed by atoms with Gasteiger partial charge in [-0.1, -0.05) is 6.07 Å². The van der Waals surface area contributed by atoms with E-state index in [-0.39, 0.29) is 23.6 Å². The fourth-order valence-electron chi connectivity index (χ4n) is 2.32. The van der Waals surface area contributed by atoms with Crippen LogP contribution in [0.5, 0.6) is 5.75 Å². The van der Waals surface area contributed by atoms with Crippen LogP contribution in [0.25, 0.3) is 0 Å². The Morgan fingerprint density at radius 3 is 2.69 bits per heavy atom. The quantitative estimate of drug-likeness (QED) is 0.450. The van der Waals surface area contributed by atoms with Crippen molar-refractivity contribution in [3.05, 3.63) is 45.8 Å². The summed E-state index contributed by atoms with van der Waals surface area (Å²) in [5.74, 6) is -0.678. The number of carbonyl (C=O) groups excluding carboxylic acids is 2. The summed E-state index contributed by atoms with van der Waals surface area (Å²) >= 11 is 0. The molecule has 10 heteroatoms. The molecule has 0 fully saturated rings. The van der Waals surface area contributed by atoms with Gasteiger partial charge in [-0.2, -0.15) is 5.10 Å². The molecule has 0 radical (unpaired) electrons. The van der Waals surface area contributed by atoms with Crippen LogP contribution in [-0.2, 0) is 20.9 Å². The van der Waals surface area contributed by atoms with Crippen molar-refractivity contribution < 1.29 is 24.0 Å². The fraction of sp³-hybridized carbons (Fsp3) is 0.312. The number of aryl methyl sites for hydroxylation is 1. The molecule has 0 saturated heterocycles. The number of nitrogens with zero attached hydrogens (tertiary/aromatic N) is 3. The third-order valence-corrected chi connectivity index (χ3v) is 3.52. The molecule has 1 N–H and O–H groups in total. The molecule has 0 aliphatic rings. The SMILES string of the molecule is COc1cccc(NC(=O)COC(=O)Cn2nc(C)c([N+](=O)[O-])c2C)c1. The summed E-state index contributed by atoms with van der Waals surface area (Å²) in [4.78, 5) is 34.1. The lowest BCUT2D eigenvalue weighted by Crippen LogP contribution is -2.23. The van der Waals surface area contributed by atoms with E-state index in [1.807, 2.05) is 0 Å². The number of ether oxygens (including phenoxy) is 2. The minimum absolute atomic E-state index is 0.145. The van der Waals surface area contributed by atoms with Crippen LogP contribution in [0.1, 0.15) is 11.4 Å². The monoisotopic (exact) mass is 362 g/mol. The van der Waals surface area contributed by atoms with Gasteiger partial charge in [0.1, 0.15) is 23.7 Å². The van der Waals surface area contributed by atoms with Crippen molar-refractivity contribution in [1.29, 1.82) is 0 Å². The van der Waals surface area contributed by atoms with Crippen LogP contribution in [0.3, 0.4) is 0 Å². The second kappa shape index (κ2) is 8.10. The van der Waals surface area contributed by atoms with Crippen LogP contribution in [0, 0.1) is 24.0 Å². The van der Waals surface area contributed by atoms with Gasteiger partial charge < -0.3 is 14.8 Å². The van der Waals surface area contributed by atoms with E-state index in [0.717, 1.165) is 0 Å². The van der Waals surface area contributed by atoms with E-state index in [9.17, 15) is 19.7 Å². The molecule has 0 saturated carbocycles. The summed E-state index contributed by atoms with van der Waals surface area (Å²) in [5, 5.41) is 17.5. The van der Waals surface area contributed by atoms with Gasteiger partial charge in [0.05, 0.1) is 12.0 Å². The summed E-state index contributed by atoms with van der Waals surface area (Å²) in [6.45, 7) is 2.15. The summed E-state index contributed by atoms with van der Waals surface area (Å²) in [7, 11) is 1.51. The van der Waals surface area contributed by atoms with Crippen molar-refractivity contribution in [2.24, 2.45) is 0 Å². The fourth-order valence-corrected chi connectivity index (χ4v) is 2.32. The zero-order valence-electron chi connectivity index (χ0n) is 14.5. The Morgan fingerprint density at radius 2 is 2.08 bits per heavy atom. The highest BCUT2D eigenvalue weighted by Crippen LogP contribution is 2.21. The van der Waals surface area contributed by atoms with Gasteiger partial charge in [-0.05, 0) is 26.0 Å². The lowest BCUT2D eigenvalue weighted by atomic mass is 10.3. The first kappa shape index (κ1) is 18.9. The van der Waals surface area contributed by atoms with Crippen LogP contribution in [0.2, 0.25) is 0 Å². The van der Waals surface area contributed by atoms with Crippen molar-refractivity contribution in [2.45, 2.75) is 20.4 Å². The van der Waals surface area contributed by atoms with Crippen LogP contribution in [0.4, 0.5) is 11.4 Å². The zero-order chi connectivity index (χ0) is 19.3. The number of hydrogen-bond donors (Lipinski definition) is 1. The number of aromatic nitrogens is 2. The number of esters is 1. The number of benzene rings is 1. The molecule has 1 heterocycles. The first-order chi connectivity index (χ1) is 12.3. The van der Waals surface area contributed by atoms with Crippen LogP contribution >= 0.6 is 0 Å². The highest BCUT2D eigenvalue weighted by molar-refractivity contribution is 5.92. The van der Waals surface area contributed by atoms with Gasteiger partial charge in [0, 0.05) is 11.8 Å². The maximum Gasteiger partial charge on any atom is 0.328 e. The van der Waals surface area contributed by atoms with E-state index in [1.165, 1.54) is 25.6 Å². The number of nitro groups is 1. The van der Waals surface area contributed by atoms with E-state index in [1.54, 1.807) is 24.3 Å². The normalized spacial score (nSPS) is 10.3. The van der Waals surface area contributed by atoms with Crippen LogP contribution in [-0.4, -0.2) is 40.3 Å². The Bertz CT molecular complexity index is 845. The van der Waals surface area contributed by atoms with Crippen molar-refractivity contribution in [3.63, 3.8) is 0 Å². The molecule has 0 unspecified atom stereocenters. The van der Waals surface area contributed by atoms with E-state index in [2.05, 4.69) is 10.4 Å². The molecular weight excluding hydrogens is 344 g/mol. The average Bonchev–Trinajstić information content (AvgIpc) is 2.86. The average molecular weight is 362 g/mol. The molecular formula is C16H18N4O6. The molecule has 0 aliphatic carbocycles.